The van der Waals surface area contributed by atoms with Gasteiger partial charge in [0.2, 0.25) is 5.88 Å². The molecule has 0 atom stereocenters. The monoisotopic (exact) mass is 222 g/mol. The van der Waals surface area contributed by atoms with Gasteiger partial charge in [-0.2, -0.15) is 0 Å². The standard InChI is InChI=1S/C12H18N2O2/c1-15-9-4-6-10(7-5-9)16-12-11(13)3-2-8-14-12/h2-3,8-10H,4-7,13H2,1H3. The number of pyridine rings is 1. The summed E-state index contributed by atoms with van der Waals surface area (Å²) < 4.78 is 11.1. The molecular formula is C12H18N2O2. The molecule has 1 aromatic rings. The van der Waals surface area contributed by atoms with Crippen LogP contribution >= 0.6 is 0 Å². The van der Waals surface area contributed by atoms with Crippen LogP contribution in [0.1, 0.15) is 25.7 Å². The number of ether oxygens (including phenoxy) is 2. The molecule has 0 amide bonds. The summed E-state index contributed by atoms with van der Waals surface area (Å²) in [6, 6.07) is 3.62. The van der Waals surface area contributed by atoms with Crippen LogP contribution in [-0.2, 0) is 4.74 Å². The molecule has 88 valence electrons. The molecule has 0 unspecified atom stereocenters. The molecular weight excluding hydrogens is 204 g/mol. The average Bonchev–Trinajstić information content (AvgIpc) is 2.33. The van der Waals surface area contributed by atoms with Gasteiger partial charge in [-0.15, -0.1) is 0 Å². The first-order valence-electron chi connectivity index (χ1n) is 5.69. The Labute approximate surface area is 95.8 Å². The second-order valence-electron chi connectivity index (χ2n) is 4.15. The Morgan fingerprint density at radius 3 is 2.56 bits per heavy atom. The number of hydrogen-bond acceptors (Lipinski definition) is 4. The van der Waals surface area contributed by atoms with Crippen LogP contribution in [-0.4, -0.2) is 24.3 Å². The number of methoxy groups -OCH3 is 1. The number of aromatic nitrogens is 1. The highest BCUT2D eigenvalue weighted by Crippen LogP contribution is 2.26. The molecule has 0 aromatic carbocycles. The van der Waals surface area contributed by atoms with Crippen LogP contribution in [0.3, 0.4) is 0 Å². The van der Waals surface area contributed by atoms with Gasteiger partial charge in [0.25, 0.3) is 0 Å². The Kier molecular flexibility index (Phi) is 3.62. The van der Waals surface area contributed by atoms with E-state index in [-0.39, 0.29) is 6.10 Å². The summed E-state index contributed by atoms with van der Waals surface area (Å²) in [4.78, 5) is 4.13. The number of nitrogens with zero attached hydrogens (tertiary/aromatic N) is 1. The van der Waals surface area contributed by atoms with E-state index in [1.807, 2.05) is 12.1 Å². The molecule has 1 heterocycles. The van der Waals surface area contributed by atoms with Gasteiger partial charge in [0, 0.05) is 13.3 Å². The Hall–Kier alpha value is -1.29. The maximum absolute atomic E-state index is 5.79. The highest BCUT2D eigenvalue weighted by molar-refractivity contribution is 5.46. The van der Waals surface area contributed by atoms with Gasteiger partial charge in [0.05, 0.1) is 11.8 Å². The molecule has 1 aliphatic carbocycles. The van der Waals surface area contributed by atoms with E-state index in [1.54, 1.807) is 13.3 Å². The number of anilines is 1. The molecule has 1 fully saturated rings. The van der Waals surface area contributed by atoms with Gasteiger partial charge in [-0.25, -0.2) is 4.98 Å². The van der Waals surface area contributed by atoms with Gasteiger partial charge >= 0.3 is 0 Å². The van der Waals surface area contributed by atoms with E-state index in [0.717, 1.165) is 25.7 Å². The van der Waals surface area contributed by atoms with Crippen LogP contribution in [0.25, 0.3) is 0 Å². The minimum atomic E-state index is 0.226. The van der Waals surface area contributed by atoms with Crippen LogP contribution in [0.2, 0.25) is 0 Å². The smallest absolute Gasteiger partial charge is 0.237 e. The summed E-state index contributed by atoms with van der Waals surface area (Å²) in [5.41, 5.74) is 6.39. The molecule has 4 heteroatoms. The molecule has 0 saturated heterocycles. The largest absolute Gasteiger partial charge is 0.473 e. The lowest BCUT2D eigenvalue weighted by atomic mass is 9.95. The first-order valence-corrected chi connectivity index (χ1v) is 5.69. The van der Waals surface area contributed by atoms with Gasteiger partial charge in [-0.3, -0.25) is 0 Å². The molecule has 2 rings (SSSR count). The van der Waals surface area contributed by atoms with Gasteiger partial charge < -0.3 is 15.2 Å². The van der Waals surface area contributed by atoms with Gasteiger partial charge in [0.1, 0.15) is 6.10 Å². The lowest BCUT2D eigenvalue weighted by Crippen LogP contribution is -2.28. The summed E-state index contributed by atoms with van der Waals surface area (Å²) in [7, 11) is 1.77. The molecule has 1 saturated carbocycles. The van der Waals surface area contributed by atoms with E-state index in [2.05, 4.69) is 4.98 Å². The minimum absolute atomic E-state index is 0.226. The predicted octanol–water partition coefficient (Wildman–Crippen LogP) is 2.00. The fourth-order valence-electron chi connectivity index (χ4n) is 2.05. The molecule has 0 bridgehead atoms. The first-order chi connectivity index (χ1) is 7.79. The summed E-state index contributed by atoms with van der Waals surface area (Å²) in [6.07, 6.45) is 6.43. The third kappa shape index (κ3) is 2.64. The number of nitrogens with two attached hydrogens (primary N) is 1. The molecule has 1 aliphatic rings. The SMILES string of the molecule is COC1CCC(Oc2ncccc2N)CC1. The van der Waals surface area contributed by atoms with E-state index in [1.165, 1.54) is 0 Å². The Balaban J connectivity index is 1.89. The maximum Gasteiger partial charge on any atom is 0.237 e. The van der Waals surface area contributed by atoms with Crippen LogP contribution in [0, 0.1) is 0 Å². The number of hydrogen-bond donors (Lipinski definition) is 1. The fourth-order valence-corrected chi connectivity index (χ4v) is 2.05. The van der Waals surface area contributed by atoms with E-state index >= 15 is 0 Å². The third-order valence-electron chi connectivity index (χ3n) is 3.03. The lowest BCUT2D eigenvalue weighted by Gasteiger charge is -2.27. The fraction of sp³-hybridized carbons (Fsp3) is 0.583. The van der Waals surface area contributed by atoms with E-state index in [9.17, 15) is 0 Å². The predicted molar refractivity (Wildman–Crippen MR) is 62.3 cm³/mol. The van der Waals surface area contributed by atoms with Crippen molar-refractivity contribution >= 4 is 5.69 Å². The van der Waals surface area contributed by atoms with E-state index in [0.29, 0.717) is 17.7 Å². The van der Waals surface area contributed by atoms with Crippen molar-refractivity contribution < 1.29 is 9.47 Å². The zero-order valence-corrected chi connectivity index (χ0v) is 9.56. The summed E-state index contributed by atoms with van der Waals surface area (Å²) in [5, 5.41) is 0. The maximum atomic E-state index is 5.79. The van der Waals surface area contributed by atoms with Crippen molar-refractivity contribution in [3.05, 3.63) is 18.3 Å². The first kappa shape index (κ1) is 11.2. The Morgan fingerprint density at radius 2 is 1.94 bits per heavy atom. The van der Waals surface area contributed by atoms with Crippen LogP contribution < -0.4 is 10.5 Å². The normalized spacial score (nSPS) is 25.3. The average molecular weight is 222 g/mol. The minimum Gasteiger partial charge on any atom is -0.473 e. The van der Waals surface area contributed by atoms with E-state index < -0.39 is 0 Å². The summed E-state index contributed by atoms with van der Waals surface area (Å²) in [6.45, 7) is 0. The summed E-state index contributed by atoms with van der Waals surface area (Å²) >= 11 is 0. The highest BCUT2D eigenvalue weighted by atomic mass is 16.5. The van der Waals surface area contributed by atoms with Crippen molar-refractivity contribution in [2.75, 3.05) is 12.8 Å². The molecule has 0 radical (unpaired) electrons. The summed E-state index contributed by atoms with van der Waals surface area (Å²) in [5.74, 6) is 0.559. The third-order valence-corrected chi connectivity index (χ3v) is 3.03. The zero-order chi connectivity index (χ0) is 11.4. The molecule has 0 spiro atoms. The molecule has 2 N–H and O–H groups in total. The van der Waals surface area contributed by atoms with Crippen molar-refractivity contribution in [2.45, 2.75) is 37.9 Å². The van der Waals surface area contributed by atoms with E-state index in [4.69, 9.17) is 15.2 Å². The second-order valence-corrected chi connectivity index (χ2v) is 4.15. The lowest BCUT2D eigenvalue weighted by molar-refractivity contribution is 0.0317. The number of rotatable bonds is 3. The van der Waals surface area contributed by atoms with Gasteiger partial charge in [0.15, 0.2) is 0 Å². The topological polar surface area (TPSA) is 57.4 Å². The number of nitrogen functional groups attached to an aromatic ring is 1. The van der Waals surface area contributed by atoms with Crippen LogP contribution in [0.4, 0.5) is 5.69 Å². The Bertz CT molecular complexity index is 336. The van der Waals surface area contributed by atoms with Crippen molar-refractivity contribution in [1.82, 2.24) is 4.98 Å². The molecule has 4 nitrogen and oxygen atoms in total. The Morgan fingerprint density at radius 1 is 1.25 bits per heavy atom. The molecule has 0 aliphatic heterocycles. The molecule has 16 heavy (non-hydrogen) atoms. The second kappa shape index (κ2) is 5.16. The molecule has 1 aromatic heterocycles. The van der Waals surface area contributed by atoms with Gasteiger partial charge in [-0.05, 0) is 37.8 Å². The van der Waals surface area contributed by atoms with Crippen LogP contribution in [0.5, 0.6) is 5.88 Å². The highest BCUT2D eigenvalue weighted by Gasteiger charge is 2.22. The quantitative estimate of drug-likeness (QED) is 0.849. The van der Waals surface area contributed by atoms with Crippen molar-refractivity contribution in [1.29, 1.82) is 0 Å². The zero-order valence-electron chi connectivity index (χ0n) is 9.56. The van der Waals surface area contributed by atoms with Crippen molar-refractivity contribution in [3.8, 4) is 5.88 Å². The van der Waals surface area contributed by atoms with Gasteiger partial charge in [-0.1, -0.05) is 0 Å². The van der Waals surface area contributed by atoms with Crippen molar-refractivity contribution in [3.63, 3.8) is 0 Å². The van der Waals surface area contributed by atoms with Crippen LogP contribution in [0.15, 0.2) is 18.3 Å². The van der Waals surface area contributed by atoms with Crippen molar-refractivity contribution in [2.24, 2.45) is 0 Å².